The number of aromatic nitrogens is 3. The zero-order valence-electron chi connectivity index (χ0n) is 36.5. The van der Waals surface area contributed by atoms with Gasteiger partial charge in [0.25, 0.3) is 0 Å². The highest BCUT2D eigenvalue weighted by molar-refractivity contribution is 6.23. The van der Waals surface area contributed by atoms with Crippen LogP contribution in [0.2, 0.25) is 0 Å². The predicted octanol–water partition coefficient (Wildman–Crippen LogP) is 16.7. The van der Waals surface area contributed by atoms with Crippen LogP contribution in [0, 0.1) is 0 Å². The molecule has 0 unspecified atom stereocenters. The molecule has 0 spiro atoms. The molecule has 308 valence electrons. The molecule has 0 bridgehead atoms. The summed E-state index contributed by atoms with van der Waals surface area (Å²) >= 11 is 0. The van der Waals surface area contributed by atoms with Crippen LogP contribution in [0.5, 0.6) is 0 Å². The van der Waals surface area contributed by atoms with E-state index >= 15 is 0 Å². The summed E-state index contributed by atoms with van der Waals surface area (Å²) in [7, 11) is 0. The Hall–Kier alpha value is -8.40. The maximum Gasteiger partial charge on any atom is 0.0620 e. The highest BCUT2D eigenvalue weighted by Crippen LogP contribution is 2.50. The third-order valence-electron chi connectivity index (χ3n) is 15.2. The van der Waals surface area contributed by atoms with Gasteiger partial charge in [-0.25, -0.2) is 0 Å². The highest BCUT2D eigenvalue weighted by Gasteiger charge is 2.35. The Balaban J connectivity index is 0.822. The Morgan fingerprint density at radius 3 is 1.44 bits per heavy atom. The number of fused-ring (bicyclic) bond motifs is 15. The second-order valence-corrected chi connectivity index (χ2v) is 18.9. The quantitative estimate of drug-likeness (QED) is 0.168. The Labute approximate surface area is 381 Å². The second kappa shape index (κ2) is 12.9. The number of nitrogens with zero attached hydrogens (tertiary/aromatic N) is 3. The number of benzene rings is 10. The first-order chi connectivity index (χ1) is 32.5. The van der Waals surface area contributed by atoms with Crippen molar-refractivity contribution in [3.05, 3.63) is 223 Å². The fourth-order valence-corrected chi connectivity index (χ4v) is 12.1. The Kier molecular flexibility index (Phi) is 7.02. The lowest BCUT2D eigenvalue weighted by atomic mass is 9.82. The van der Waals surface area contributed by atoms with Crippen LogP contribution in [-0.2, 0) is 5.41 Å². The molecule has 10 aromatic carbocycles. The number of rotatable bonds is 4. The van der Waals surface area contributed by atoms with Crippen LogP contribution in [0.3, 0.4) is 0 Å². The first kappa shape index (κ1) is 36.0. The molecule has 0 N–H and O–H groups in total. The van der Waals surface area contributed by atoms with Crippen molar-refractivity contribution in [3.63, 3.8) is 0 Å². The Bertz CT molecular complexity index is 4360. The molecule has 0 aliphatic heterocycles. The van der Waals surface area contributed by atoms with Crippen molar-refractivity contribution in [1.82, 2.24) is 13.5 Å². The van der Waals surface area contributed by atoms with E-state index in [-0.39, 0.29) is 5.41 Å². The molecule has 0 amide bonds. The van der Waals surface area contributed by atoms with E-state index in [4.69, 9.17) is 0 Å². The molecular formula is C63H41N3. The van der Waals surface area contributed by atoms with Crippen molar-refractivity contribution in [2.45, 2.75) is 19.3 Å². The normalized spacial score (nSPS) is 13.4. The molecule has 1 aliphatic carbocycles. The molecule has 1 aliphatic rings. The van der Waals surface area contributed by atoms with Crippen molar-refractivity contribution in [1.29, 1.82) is 0 Å². The fraction of sp³-hybridized carbons (Fsp3) is 0.0476. The molecule has 4 aromatic heterocycles. The minimum Gasteiger partial charge on any atom is -0.309 e. The van der Waals surface area contributed by atoms with Gasteiger partial charge in [0.15, 0.2) is 0 Å². The van der Waals surface area contributed by atoms with Gasteiger partial charge in [-0.2, -0.15) is 0 Å². The minimum absolute atomic E-state index is 0.0667. The average Bonchev–Trinajstić information content (AvgIpc) is 4.14. The molecule has 0 radical (unpaired) electrons. The molecule has 15 rings (SSSR count). The van der Waals surface area contributed by atoms with Crippen LogP contribution in [0.15, 0.2) is 212 Å². The summed E-state index contributed by atoms with van der Waals surface area (Å²) in [5, 5.41) is 10.3. The van der Waals surface area contributed by atoms with Crippen LogP contribution in [0.4, 0.5) is 0 Å². The van der Waals surface area contributed by atoms with Crippen molar-refractivity contribution < 1.29 is 0 Å². The van der Waals surface area contributed by atoms with Gasteiger partial charge in [0, 0.05) is 59.9 Å². The summed E-state index contributed by atoms with van der Waals surface area (Å²) in [6, 6.07) is 79.3. The van der Waals surface area contributed by atoms with Gasteiger partial charge in [0.2, 0.25) is 0 Å². The topological polar surface area (TPSA) is 14.3 Å². The lowest BCUT2D eigenvalue weighted by molar-refractivity contribution is 0.660. The van der Waals surface area contributed by atoms with Crippen LogP contribution in [-0.4, -0.2) is 13.5 Å². The molecule has 0 atom stereocenters. The summed E-state index contributed by atoms with van der Waals surface area (Å²) in [5.74, 6) is 0. The van der Waals surface area contributed by atoms with E-state index in [9.17, 15) is 0 Å². The van der Waals surface area contributed by atoms with Crippen LogP contribution < -0.4 is 0 Å². The van der Waals surface area contributed by atoms with E-state index in [0.717, 1.165) is 5.69 Å². The van der Waals surface area contributed by atoms with Crippen molar-refractivity contribution >= 4 is 81.7 Å². The summed E-state index contributed by atoms with van der Waals surface area (Å²) in [6.45, 7) is 4.72. The number of hydrogen-bond acceptors (Lipinski definition) is 0. The Morgan fingerprint density at radius 1 is 0.288 bits per heavy atom. The van der Waals surface area contributed by atoms with E-state index in [2.05, 4.69) is 240 Å². The van der Waals surface area contributed by atoms with Gasteiger partial charge in [0.05, 0.1) is 38.6 Å². The standard InChI is InChI=1S/C63H41N3/c1-63(2)54-18-7-3-12-44(54)45-31-29-43(37-55(45)63)65-57-20-9-6-15-48(57)53-35-40(26-33-60(53)65)39-25-32-59-52(34-39)47-14-5-8-19-56(47)64(59)42-27-22-38(23-28-42)41-24-30-49-51-17-11-16-50-46-13-4-10-21-58(46)66(62(50)51)61(49)36-41/h3-37H,1-2H3. The van der Waals surface area contributed by atoms with Gasteiger partial charge < -0.3 is 13.5 Å². The largest absolute Gasteiger partial charge is 0.309 e. The summed E-state index contributed by atoms with van der Waals surface area (Å²) in [6.07, 6.45) is 0. The maximum atomic E-state index is 2.46. The number of hydrogen-bond donors (Lipinski definition) is 0. The van der Waals surface area contributed by atoms with Gasteiger partial charge in [-0.05, 0) is 117 Å². The molecular weight excluding hydrogens is 799 g/mol. The highest BCUT2D eigenvalue weighted by atomic mass is 15.0. The zero-order valence-corrected chi connectivity index (χ0v) is 36.5. The van der Waals surface area contributed by atoms with Crippen molar-refractivity contribution in [2.24, 2.45) is 0 Å². The lowest BCUT2D eigenvalue weighted by Gasteiger charge is -2.22. The first-order valence-electron chi connectivity index (χ1n) is 23.1. The molecule has 0 fully saturated rings. The van der Waals surface area contributed by atoms with Crippen molar-refractivity contribution in [2.75, 3.05) is 0 Å². The third kappa shape index (κ3) is 4.71. The van der Waals surface area contributed by atoms with E-state index in [1.165, 1.54) is 132 Å². The first-order valence-corrected chi connectivity index (χ1v) is 23.1. The van der Waals surface area contributed by atoms with E-state index in [1.807, 2.05) is 0 Å². The molecule has 4 heterocycles. The monoisotopic (exact) mass is 839 g/mol. The molecule has 0 saturated carbocycles. The molecule has 3 heteroatoms. The van der Waals surface area contributed by atoms with Gasteiger partial charge in [0.1, 0.15) is 0 Å². The molecule has 66 heavy (non-hydrogen) atoms. The molecule has 3 nitrogen and oxygen atoms in total. The number of para-hydroxylation sites is 4. The lowest BCUT2D eigenvalue weighted by Crippen LogP contribution is -2.15. The SMILES string of the molecule is CC1(C)c2ccccc2-c2ccc(-n3c4ccccc4c4cc(-c5ccc6c(c5)c5ccccc5n6-c5ccc(-c6ccc7c8cccc9c%10ccccc%10n(c7c6)c98)cc5)ccc43)cc21. The third-order valence-corrected chi connectivity index (χ3v) is 15.2. The van der Waals surface area contributed by atoms with Crippen molar-refractivity contribution in [3.8, 4) is 44.8 Å². The smallest absolute Gasteiger partial charge is 0.0620 e. The average molecular weight is 840 g/mol. The van der Waals surface area contributed by atoms with E-state index < -0.39 is 0 Å². The van der Waals surface area contributed by atoms with E-state index in [0.29, 0.717) is 0 Å². The maximum absolute atomic E-state index is 2.46. The zero-order chi connectivity index (χ0) is 43.4. The second-order valence-electron chi connectivity index (χ2n) is 18.9. The van der Waals surface area contributed by atoms with Gasteiger partial charge in [-0.1, -0.05) is 153 Å². The predicted molar refractivity (Wildman–Crippen MR) is 278 cm³/mol. The summed E-state index contributed by atoms with van der Waals surface area (Å²) < 4.78 is 7.35. The van der Waals surface area contributed by atoms with Crippen LogP contribution in [0.1, 0.15) is 25.0 Å². The van der Waals surface area contributed by atoms with Gasteiger partial charge in [-0.15, -0.1) is 0 Å². The van der Waals surface area contributed by atoms with Crippen LogP contribution >= 0.6 is 0 Å². The molecule has 14 aromatic rings. The van der Waals surface area contributed by atoms with Gasteiger partial charge >= 0.3 is 0 Å². The Morgan fingerprint density at radius 2 is 0.758 bits per heavy atom. The minimum atomic E-state index is -0.0667. The van der Waals surface area contributed by atoms with E-state index in [1.54, 1.807) is 0 Å². The summed E-state index contributed by atoms with van der Waals surface area (Å²) in [4.78, 5) is 0. The summed E-state index contributed by atoms with van der Waals surface area (Å²) in [5.41, 5.74) is 21.3. The molecule has 0 saturated heterocycles. The fourth-order valence-electron chi connectivity index (χ4n) is 12.1. The van der Waals surface area contributed by atoms with Crippen LogP contribution in [0.25, 0.3) is 126 Å². The van der Waals surface area contributed by atoms with Gasteiger partial charge in [-0.3, -0.25) is 0 Å².